The number of fused-ring (bicyclic) bond motifs is 1. The van der Waals surface area contributed by atoms with E-state index in [-0.39, 0.29) is 27.1 Å². The van der Waals surface area contributed by atoms with Gasteiger partial charge in [-0.05, 0) is 41.7 Å². The number of nitro groups is 1. The summed E-state index contributed by atoms with van der Waals surface area (Å²) in [5, 5.41) is 11.5. The lowest BCUT2D eigenvalue weighted by Gasteiger charge is -2.07. The molecule has 0 bridgehead atoms. The van der Waals surface area contributed by atoms with E-state index in [0.717, 1.165) is 6.07 Å². The van der Waals surface area contributed by atoms with Crippen molar-refractivity contribution in [1.82, 2.24) is 4.57 Å². The van der Waals surface area contributed by atoms with Crippen molar-refractivity contribution in [3.8, 4) is 11.4 Å². The van der Waals surface area contributed by atoms with Crippen LogP contribution in [-0.4, -0.2) is 21.9 Å². The summed E-state index contributed by atoms with van der Waals surface area (Å²) in [6.07, 6.45) is 0. The summed E-state index contributed by atoms with van der Waals surface area (Å²) in [7, 11) is 0. The molecule has 7 nitrogen and oxygen atoms in total. The minimum absolute atomic E-state index is 0.0570. The molecule has 0 unspecified atom stereocenters. The van der Waals surface area contributed by atoms with Gasteiger partial charge < -0.3 is 4.74 Å². The standard InChI is InChI=1S/C21H12F2N2O5S/c22-21(23)30-14-8-4-5-12(11-14)18(27)17-15-9-10-16(26)24(13-6-2-1-3-7-13)19(15)31-20(17)25(28)29/h1-11,21H. The minimum atomic E-state index is -3.08. The largest absolute Gasteiger partial charge is 0.435 e. The first kappa shape index (κ1) is 20.4. The predicted molar refractivity (Wildman–Crippen MR) is 111 cm³/mol. The first-order valence-electron chi connectivity index (χ1n) is 8.85. The van der Waals surface area contributed by atoms with E-state index in [2.05, 4.69) is 4.74 Å². The fraction of sp³-hybridized carbons (Fsp3) is 0.0476. The molecule has 0 N–H and O–H groups in total. The van der Waals surface area contributed by atoms with Crippen LogP contribution >= 0.6 is 11.3 Å². The van der Waals surface area contributed by atoms with Crippen molar-refractivity contribution in [2.45, 2.75) is 6.61 Å². The molecule has 2 aromatic carbocycles. The summed E-state index contributed by atoms with van der Waals surface area (Å²) >= 11 is 0.697. The summed E-state index contributed by atoms with van der Waals surface area (Å²) in [4.78, 5) is 37.0. The van der Waals surface area contributed by atoms with E-state index < -0.39 is 27.9 Å². The van der Waals surface area contributed by atoms with Gasteiger partial charge >= 0.3 is 11.6 Å². The number of para-hydroxylation sites is 1. The molecule has 2 heterocycles. The maximum absolute atomic E-state index is 13.2. The number of hydrogen-bond donors (Lipinski definition) is 0. The SMILES string of the molecule is O=C(c1cccc(OC(F)F)c1)c1c([N+](=O)[O-])sc2c1ccc(=O)n2-c1ccccc1. The number of thiophene rings is 1. The van der Waals surface area contributed by atoms with Gasteiger partial charge in [-0.2, -0.15) is 8.78 Å². The van der Waals surface area contributed by atoms with E-state index >= 15 is 0 Å². The summed E-state index contributed by atoms with van der Waals surface area (Å²) < 4.78 is 30.7. The Balaban J connectivity index is 1.94. The van der Waals surface area contributed by atoms with Gasteiger partial charge in [0, 0.05) is 17.0 Å². The average Bonchev–Trinajstić information content (AvgIpc) is 3.13. The van der Waals surface area contributed by atoms with Crippen molar-refractivity contribution in [2.75, 3.05) is 0 Å². The Labute approximate surface area is 176 Å². The van der Waals surface area contributed by atoms with Gasteiger partial charge in [-0.25, -0.2) is 0 Å². The molecule has 0 aliphatic heterocycles. The number of benzene rings is 2. The van der Waals surface area contributed by atoms with Gasteiger partial charge in [0.2, 0.25) is 5.78 Å². The lowest BCUT2D eigenvalue weighted by atomic mass is 10.0. The number of halogens is 2. The smallest absolute Gasteiger partial charge is 0.387 e. The molecule has 0 fully saturated rings. The molecule has 10 heteroatoms. The number of hydrogen-bond acceptors (Lipinski definition) is 6. The number of nitrogens with zero attached hydrogens (tertiary/aromatic N) is 2. The molecular weight excluding hydrogens is 430 g/mol. The molecule has 0 spiro atoms. The van der Waals surface area contributed by atoms with Gasteiger partial charge in [0.05, 0.1) is 10.6 Å². The molecule has 0 saturated heterocycles. The number of aromatic nitrogens is 1. The van der Waals surface area contributed by atoms with Crippen molar-refractivity contribution in [2.24, 2.45) is 0 Å². The monoisotopic (exact) mass is 442 g/mol. The molecule has 0 radical (unpaired) electrons. The Morgan fingerprint density at radius 1 is 1.06 bits per heavy atom. The molecule has 0 saturated carbocycles. The molecule has 156 valence electrons. The van der Waals surface area contributed by atoms with Crippen LogP contribution in [-0.2, 0) is 0 Å². The third kappa shape index (κ3) is 3.80. The van der Waals surface area contributed by atoms with E-state index in [1.54, 1.807) is 30.3 Å². The quantitative estimate of drug-likeness (QED) is 0.243. The number of ether oxygens (including phenoxy) is 1. The van der Waals surface area contributed by atoms with Crippen LogP contribution < -0.4 is 10.3 Å². The van der Waals surface area contributed by atoms with Crippen LogP contribution in [0, 0.1) is 10.1 Å². The second kappa shape index (κ2) is 8.07. The fourth-order valence-electron chi connectivity index (χ4n) is 3.20. The van der Waals surface area contributed by atoms with Crippen LogP contribution in [0.2, 0.25) is 0 Å². The molecule has 2 aromatic heterocycles. The highest BCUT2D eigenvalue weighted by Gasteiger charge is 2.30. The van der Waals surface area contributed by atoms with Crippen molar-refractivity contribution < 1.29 is 23.2 Å². The van der Waals surface area contributed by atoms with Gasteiger partial charge in [0.1, 0.15) is 16.1 Å². The molecule has 4 aromatic rings. The van der Waals surface area contributed by atoms with E-state index in [9.17, 15) is 28.5 Å². The highest BCUT2D eigenvalue weighted by molar-refractivity contribution is 7.22. The van der Waals surface area contributed by atoms with Gasteiger partial charge in [-0.1, -0.05) is 30.3 Å². The van der Waals surface area contributed by atoms with E-state index in [0.29, 0.717) is 17.0 Å². The van der Waals surface area contributed by atoms with Crippen LogP contribution in [0.5, 0.6) is 5.75 Å². The Morgan fingerprint density at radius 2 is 1.81 bits per heavy atom. The predicted octanol–water partition coefficient (Wildman–Crippen LogP) is 4.79. The van der Waals surface area contributed by atoms with Crippen LogP contribution in [0.25, 0.3) is 15.9 Å². The zero-order valence-corrected chi connectivity index (χ0v) is 16.3. The third-order valence-corrected chi connectivity index (χ3v) is 5.59. The minimum Gasteiger partial charge on any atom is -0.435 e. The normalized spacial score (nSPS) is 11.1. The molecule has 0 aliphatic carbocycles. The zero-order valence-electron chi connectivity index (χ0n) is 15.5. The van der Waals surface area contributed by atoms with Gasteiger partial charge in [0.15, 0.2) is 0 Å². The first-order valence-corrected chi connectivity index (χ1v) is 9.66. The number of carbonyl (C=O) groups is 1. The van der Waals surface area contributed by atoms with Crippen LogP contribution in [0.1, 0.15) is 15.9 Å². The second-order valence-electron chi connectivity index (χ2n) is 6.34. The zero-order chi connectivity index (χ0) is 22.1. The van der Waals surface area contributed by atoms with Crippen molar-refractivity contribution in [3.05, 3.63) is 98.3 Å². The van der Waals surface area contributed by atoms with E-state index in [1.165, 1.54) is 34.9 Å². The first-order chi connectivity index (χ1) is 14.9. The second-order valence-corrected chi connectivity index (χ2v) is 7.31. The van der Waals surface area contributed by atoms with Crippen LogP contribution in [0.3, 0.4) is 0 Å². The van der Waals surface area contributed by atoms with Gasteiger partial charge in [0.25, 0.3) is 5.56 Å². The van der Waals surface area contributed by atoms with Crippen LogP contribution in [0.15, 0.2) is 71.5 Å². The molecular formula is C21H12F2N2O5S. The Bertz CT molecular complexity index is 1370. The highest BCUT2D eigenvalue weighted by Crippen LogP contribution is 2.39. The average molecular weight is 442 g/mol. The number of ketones is 1. The number of carbonyl (C=O) groups excluding carboxylic acids is 1. The lowest BCUT2D eigenvalue weighted by molar-refractivity contribution is -0.380. The summed E-state index contributed by atoms with van der Waals surface area (Å²) in [5.74, 6) is -0.986. The fourth-order valence-corrected chi connectivity index (χ4v) is 4.33. The van der Waals surface area contributed by atoms with Crippen molar-refractivity contribution in [1.29, 1.82) is 0 Å². The van der Waals surface area contributed by atoms with Crippen LogP contribution in [0.4, 0.5) is 13.8 Å². The van der Waals surface area contributed by atoms with E-state index in [1.807, 2.05) is 0 Å². The number of rotatable bonds is 6. The summed E-state index contributed by atoms with van der Waals surface area (Å²) in [6, 6.07) is 16.1. The Morgan fingerprint density at radius 3 is 2.48 bits per heavy atom. The molecule has 0 aliphatic rings. The van der Waals surface area contributed by atoms with Gasteiger partial charge in [-0.3, -0.25) is 24.3 Å². The Hall–Kier alpha value is -3.92. The number of pyridine rings is 1. The molecule has 0 amide bonds. The third-order valence-electron chi connectivity index (χ3n) is 4.45. The lowest BCUT2D eigenvalue weighted by Crippen LogP contribution is -2.16. The van der Waals surface area contributed by atoms with Crippen molar-refractivity contribution in [3.63, 3.8) is 0 Å². The maximum Gasteiger partial charge on any atom is 0.387 e. The van der Waals surface area contributed by atoms with Crippen molar-refractivity contribution >= 4 is 32.3 Å². The molecule has 31 heavy (non-hydrogen) atoms. The number of alkyl halides is 2. The van der Waals surface area contributed by atoms with E-state index in [4.69, 9.17) is 0 Å². The maximum atomic E-state index is 13.2. The Kier molecular flexibility index (Phi) is 5.30. The summed E-state index contributed by atoms with van der Waals surface area (Å²) in [6.45, 7) is -3.08. The molecule has 4 rings (SSSR count). The topological polar surface area (TPSA) is 91.4 Å². The highest BCUT2D eigenvalue weighted by atomic mass is 32.1. The van der Waals surface area contributed by atoms with Gasteiger partial charge in [-0.15, -0.1) is 0 Å². The molecule has 0 atom stereocenters. The summed E-state index contributed by atoms with van der Waals surface area (Å²) in [5.41, 5.74) is -0.205.